The van der Waals surface area contributed by atoms with Gasteiger partial charge in [-0.25, -0.2) is 0 Å². The molecular weight excluding hydrogens is 228 g/mol. The van der Waals surface area contributed by atoms with Gasteiger partial charge in [-0.05, 0) is 19.8 Å². The molecule has 18 heavy (non-hydrogen) atoms. The number of likely N-dealkylation sites (tertiary alicyclic amines) is 1. The van der Waals surface area contributed by atoms with Gasteiger partial charge in [0.2, 0.25) is 5.91 Å². The molecule has 1 aromatic rings. The van der Waals surface area contributed by atoms with Crippen molar-refractivity contribution in [2.75, 3.05) is 13.1 Å². The molecular formula is C13H20N4O. The van der Waals surface area contributed by atoms with Crippen LogP contribution in [-0.4, -0.2) is 39.9 Å². The van der Waals surface area contributed by atoms with Gasteiger partial charge in [-0.15, -0.1) is 0 Å². The highest BCUT2D eigenvalue weighted by molar-refractivity contribution is 5.73. The lowest BCUT2D eigenvalue weighted by Crippen LogP contribution is -2.44. The van der Waals surface area contributed by atoms with E-state index >= 15 is 0 Å². The number of amides is 1. The maximum absolute atomic E-state index is 11.2. The molecule has 5 nitrogen and oxygen atoms in total. The average molecular weight is 248 g/mol. The second kappa shape index (κ2) is 5.91. The Morgan fingerprint density at radius 1 is 1.39 bits per heavy atom. The maximum Gasteiger partial charge on any atom is 0.219 e. The Hall–Kier alpha value is -1.49. The molecule has 0 saturated carbocycles. The van der Waals surface area contributed by atoms with Crippen molar-refractivity contribution >= 4 is 5.91 Å². The van der Waals surface area contributed by atoms with Crippen LogP contribution in [0.1, 0.15) is 31.2 Å². The topological polar surface area (TPSA) is 58.1 Å². The summed E-state index contributed by atoms with van der Waals surface area (Å²) in [7, 11) is 0. The molecule has 0 atom stereocenters. The number of hydrogen-bond donors (Lipinski definition) is 1. The fraction of sp³-hybridized carbons (Fsp3) is 0.615. The van der Waals surface area contributed by atoms with Gasteiger partial charge in [0.25, 0.3) is 0 Å². The van der Waals surface area contributed by atoms with Crippen molar-refractivity contribution in [3.05, 3.63) is 23.8 Å². The smallest absolute Gasteiger partial charge is 0.219 e. The van der Waals surface area contributed by atoms with Crippen molar-refractivity contribution in [1.29, 1.82) is 0 Å². The first-order valence-corrected chi connectivity index (χ1v) is 6.41. The molecule has 1 aliphatic heterocycles. The summed E-state index contributed by atoms with van der Waals surface area (Å²) in [5.41, 5.74) is 1.91. The third kappa shape index (κ3) is 3.50. The molecule has 5 heteroatoms. The molecule has 0 radical (unpaired) electrons. The normalized spacial score (nSPS) is 16.9. The molecule has 0 bridgehead atoms. The van der Waals surface area contributed by atoms with Gasteiger partial charge in [0.15, 0.2) is 0 Å². The second-order valence-electron chi connectivity index (χ2n) is 4.81. The Morgan fingerprint density at radius 3 is 2.67 bits per heavy atom. The third-order valence-electron chi connectivity index (χ3n) is 3.35. The molecule has 0 unspecified atom stereocenters. The predicted molar refractivity (Wildman–Crippen MR) is 68.9 cm³/mol. The molecule has 1 aliphatic rings. The van der Waals surface area contributed by atoms with E-state index in [9.17, 15) is 4.79 Å². The van der Waals surface area contributed by atoms with Crippen LogP contribution in [0, 0.1) is 6.92 Å². The SMILES string of the molecule is CC(=O)N1CCC(NCc2cnc(C)cn2)CC1. The predicted octanol–water partition coefficient (Wildman–Crippen LogP) is 0.886. The molecule has 1 aromatic heterocycles. The van der Waals surface area contributed by atoms with E-state index in [2.05, 4.69) is 15.3 Å². The zero-order valence-corrected chi connectivity index (χ0v) is 11.0. The van der Waals surface area contributed by atoms with Crippen LogP contribution >= 0.6 is 0 Å². The second-order valence-corrected chi connectivity index (χ2v) is 4.81. The zero-order valence-electron chi connectivity index (χ0n) is 11.0. The van der Waals surface area contributed by atoms with Crippen molar-refractivity contribution in [2.45, 2.75) is 39.3 Å². The number of nitrogens with zero attached hydrogens (tertiary/aromatic N) is 3. The van der Waals surface area contributed by atoms with E-state index in [1.807, 2.05) is 18.0 Å². The number of piperidine rings is 1. The molecule has 98 valence electrons. The van der Waals surface area contributed by atoms with E-state index in [0.29, 0.717) is 6.04 Å². The monoisotopic (exact) mass is 248 g/mol. The molecule has 0 spiro atoms. The van der Waals surface area contributed by atoms with E-state index in [1.165, 1.54) is 0 Å². The third-order valence-corrected chi connectivity index (χ3v) is 3.35. The fourth-order valence-corrected chi connectivity index (χ4v) is 2.16. The van der Waals surface area contributed by atoms with Crippen molar-refractivity contribution in [2.24, 2.45) is 0 Å². The minimum atomic E-state index is 0.179. The molecule has 1 fully saturated rings. The number of rotatable bonds is 3. The van der Waals surface area contributed by atoms with Crippen molar-refractivity contribution in [3.63, 3.8) is 0 Å². The van der Waals surface area contributed by atoms with Crippen molar-refractivity contribution in [3.8, 4) is 0 Å². The first-order valence-electron chi connectivity index (χ1n) is 6.41. The summed E-state index contributed by atoms with van der Waals surface area (Å²) in [5, 5.41) is 3.48. The highest BCUT2D eigenvalue weighted by atomic mass is 16.2. The lowest BCUT2D eigenvalue weighted by molar-refractivity contribution is -0.129. The first-order chi connectivity index (χ1) is 8.65. The minimum Gasteiger partial charge on any atom is -0.343 e. The summed E-state index contributed by atoms with van der Waals surface area (Å²) in [6, 6.07) is 0.476. The van der Waals surface area contributed by atoms with Crippen LogP contribution < -0.4 is 5.32 Å². The van der Waals surface area contributed by atoms with Crippen LogP contribution in [0.4, 0.5) is 0 Å². The Bertz CT molecular complexity index is 396. The quantitative estimate of drug-likeness (QED) is 0.863. The molecule has 2 rings (SSSR count). The van der Waals surface area contributed by atoms with Crippen LogP contribution in [0.25, 0.3) is 0 Å². The van der Waals surface area contributed by atoms with Crippen LogP contribution in [0.3, 0.4) is 0 Å². The Morgan fingerprint density at radius 2 is 2.11 bits per heavy atom. The standard InChI is InChI=1S/C13H20N4O/c1-10-7-15-13(8-14-10)9-16-12-3-5-17(6-4-12)11(2)18/h7-8,12,16H,3-6,9H2,1-2H3. The van der Waals surface area contributed by atoms with Gasteiger partial charge >= 0.3 is 0 Å². The van der Waals surface area contributed by atoms with Crippen molar-refractivity contribution < 1.29 is 4.79 Å². The Kier molecular flexibility index (Phi) is 4.25. The van der Waals surface area contributed by atoms with E-state index < -0.39 is 0 Å². The van der Waals surface area contributed by atoms with Crippen LogP contribution in [0.15, 0.2) is 12.4 Å². The van der Waals surface area contributed by atoms with Crippen molar-refractivity contribution in [1.82, 2.24) is 20.2 Å². The number of nitrogens with one attached hydrogen (secondary N) is 1. The highest BCUT2D eigenvalue weighted by Crippen LogP contribution is 2.10. The summed E-state index contributed by atoms with van der Waals surface area (Å²) in [6.45, 7) is 6.02. The summed E-state index contributed by atoms with van der Waals surface area (Å²) < 4.78 is 0. The largest absolute Gasteiger partial charge is 0.343 e. The summed E-state index contributed by atoms with van der Waals surface area (Å²) in [4.78, 5) is 21.6. The molecule has 2 heterocycles. The average Bonchev–Trinajstić information content (AvgIpc) is 2.38. The van der Waals surface area contributed by atoms with Gasteiger partial charge in [-0.1, -0.05) is 0 Å². The van der Waals surface area contributed by atoms with Gasteiger partial charge in [0.05, 0.1) is 11.4 Å². The van der Waals surface area contributed by atoms with Crippen LogP contribution in [-0.2, 0) is 11.3 Å². The zero-order chi connectivity index (χ0) is 13.0. The van der Waals surface area contributed by atoms with Gasteiger partial charge in [-0.3, -0.25) is 14.8 Å². The summed E-state index contributed by atoms with van der Waals surface area (Å²) >= 11 is 0. The van der Waals surface area contributed by atoms with E-state index in [4.69, 9.17) is 0 Å². The first kappa shape index (κ1) is 13.0. The van der Waals surface area contributed by atoms with E-state index in [-0.39, 0.29) is 5.91 Å². The molecule has 1 N–H and O–H groups in total. The lowest BCUT2D eigenvalue weighted by atomic mass is 10.1. The number of carbonyl (C=O) groups excluding carboxylic acids is 1. The van der Waals surface area contributed by atoms with Crippen LogP contribution in [0.2, 0.25) is 0 Å². The van der Waals surface area contributed by atoms with Crippen LogP contribution in [0.5, 0.6) is 0 Å². The van der Waals surface area contributed by atoms with Gasteiger partial charge in [0, 0.05) is 45.0 Å². The Labute approximate surface area is 108 Å². The maximum atomic E-state index is 11.2. The van der Waals surface area contributed by atoms with E-state index in [1.54, 1.807) is 13.1 Å². The Balaban J connectivity index is 1.75. The molecule has 1 amide bonds. The van der Waals surface area contributed by atoms with Gasteiger partial charge in [-0.2, -0.15) is 0 Å². The number of aryl methyl sites for hydroxylation is 1. The summed E-state index contributed by atoms with van der Waals surface area (Å²) in [5.74, 6) is 0.179. The number of carbonyl (C=O) groups is 1. The number of aromatic nitrogens is 2. The molecule has 0 aromatic carbocycles. The number of hydrogen-bond acceptors (Lipinski definition) is 4. The summed E-state index contributed by atoms with van der Waals surface area (Å²) in [6.07, 6.45) is 5.63. The molecule has 1 saturated heterocycles. The minimum absolute atomic E-state index is 0.179. The lowest BCUT2D eigenvalue weighted by Gasteiger charge is -2.31. The van der Waals surface area contributed by atoms with Gasteiger partial charge < -0.3 is 10.2 Å². The highest BCUT2D eigenvalue weighted by Gasteiger charge is 2.20. The molecule has 0 aliphatic carbocycles. The van der Waals surface area contributed by atoms with E-state index in [0.717, 1.165) is 43.9 Å². The van der Waals surface area contributed by atoms with Gasteiger partial charge in [0.1, 0.15) is 0 Å². The fourth-order valence-electron chi connectivity index (χ4n) is 2.16.